The van der Waals surface area contributed by atoms with Crippen LogP contribution in [0.4, 0.5) is 0 Å². The van der Waals surface area contributed by atoms with E-state index in [4.69, 9.17) is 4.74 Å². The summed E-state index contributed by atoms with van der Waals surface area (Å²) in [6.45, 7) is 7.42. The van der Waals surface area contributed by atoms with Crippen LogP contribution in [-0.2, 0) is 4.74 Å². The van der Waals surface area contributed by atoms with Crippen molar-refractivity contribution < 1.29 is 4.74 Å². The first-order valence-electron chi connectivity index (χ1n) is 6.27. The third-order valence-electron chi connectivity index (χ3n) is 3.01. The lowest BCUT2D eigenvalue weighted by Gasteiger charge is -2.32. The Labute approximate surface area is 98.5 Å². The monoisotopic (exact) mass is 231 g/mol. The molecule has 1 rings (SSSR count). The number of hydrogen-bond donors (Lipinski definition) is 1. The van der Waals surface area contributed by atoms with E-state index in [1.165, 1.54) is 30.8 Å². The summed E-state index contributed by atoms with van der Waals surface area (Å²) in [6, 6.07) is 0.704. The molecule has 0 saturated carbocycles. The second-order valence-corrected chi connectivity index (χ2v) is 5.52. The molecule has 1 N–H and O–H groups in total. The molecule has 0 spiro atoms. The van der Waals surface area contributed by atoms with Gasteiger partial charge in [-0.05, 0) is 43.2 Å². The maximum atomic E-state index is 5.57. The summed E-state index contributed by atoms with van der Waals surface area (Å²) in [5.74, 6) is 3.31. The van der Waals surface area contributed by atoms with Crippen molar-refractivity contribution in [3.63, 3.8) is 0 Å². The number of ether oxygens (including phenoxy) is 1. The molecule has 15 heavy (non-hydrogen) atoms. The van der Waals surface area contributed by atoms with Crippen LogP contribution in [0.2, 0.25) is 0 Å². The van der Waals surface area contributed by atoms with Crippen molar-refractivity contribution in [1.29, 1.82) is 0 Å². The second kappa shape index (κ2) is 8.43. The lowest BCUT2D eigenvalue weighted by Crippen LogP contribution is -2.42. The van der Waals surface area contributed by atoms with Gasteiger partial charge in [0, 0.05) is 12.6 Å². The molecule has 2 unspecified atom stereocenters. The maximum Gasteiger partial charge on any atom is 0.0509 e. The largest absolute Gasteiger partial charge is 0.381 e. The van der Waals surface area contributed by atoms with Gasteiger partial charge in [-0.3, -0.25) is 0 Å². The molecule has 1 saturated heterocycles. The Balaban J connectivity index is 2.17. The summed E-state index contributed by atoms with van der Waals surface area (Å²) < 4.78 is 5.57. The molecular formula is C12H25NOS. The summed E-state index contributed by atoms with van der Waals surface area (Å²) in [6.07, 6.45) is 3.86. The smallest absolute Gasteiger partial charge is 0.0509 e. The number of rotatable bonds is 7. The van der Waals surface area contributed by atoms with E-state index in [-0.39, 0.29) is 0 Å². The van der Waals surface area contributed by atoms with E-state index >= 15 is 0 Å². The molecule has 2 atom stereocenters. The van der Waals surface area contributed by atoms with Gasteiger partial charge in [0.15, 0.2) is 0 Å². The van der Waals surface area contributed by atoms with Crippen molar-refractivity contribution in [3.05, 3.63) is 0 Å². The molecule has 1 aliphatic heterocycles. The van der Waals surface area contributed by atoms with Crippen LogP contribution >= 0.6 is 11.8 Å². The summed E-state index contributed by atoms with van der Waals surface area (Å²) in [5.41, 5.74) is 0. The first-order chi connectivity index (χ1) is 7.38. The second-order valence-electron chi connectivity index (χ2n) is 4.13. The molecule has 0 aliphatic carbocycles. The topological polar surface area (TPSA) is 21.3 Å². The lowest BCUT2D eigenvalue weighted by atomic mass is 9.91. The third-order valence-corrected chi connectivity index (χ3v) is 3.99. The van der Waals surface area contributed by atoms with Gasteiger partial charge in [0.25, 0.3) is 0 Å². The minimum atomic E-state index is 0.704. The minimum absolute atomic E-state index is 0.704. The van der Waals surface area contributed by atoms with Crippen LogP contribution in [0, 0.1) is 5.92 Å². The zero-order chi connectivity index (χ0) is 10.9. The summed E-state index contributed by atoms with van der Waals surface area (Å²) in [7, 11) is 0. The van der Waals surface area contributed by atoms with Crippen LogP contribution < -0.4 is 5.32 Å². The molecule has 0 aromatic rings. The molecule has 0 amide bonds. The molecule has 2 nitrogen and oxygen atoms in total. The van der Waals surface area contributed by atoms with Crippen molar-refractivity contribution in [2.75, 3.05) is 31.3 Å². The predicted molar refractivity (Wildman–Crippen MR) is 68.6 cm³/mol. The zero-order valence-corrected chi connectivity index (χ0v) is 10.9. The first kappa shape index (κ1) is 13.3. The normalized spacial score (nSPS) is 26.8. The molecule has 90 valence electrons. The standard InChI is InChI=1S/C12H25NOS/c1-3-13-12-7-8-14-10-11(12)6-5-9-15-4-2/h11-13H,3-10H2,1-2H3. The highest BCUT2D eigenvalue weighted by atomic mass is 32.2. The number of thioether (sulfide) groups is 1. The van der Waals surface area contributed by atoms with Gasteiger partial charge in [-0.1, -0.05) is 13.8 Å². The van der Waals surface area contributed by atoms with E-state index in [2.05, 4.69) is 30.9 Å². The van der Waals surface area contributed by atoms with E-state index < -0.39 is 0 Å². The average Bonchev–Trinajstić information content (AvgIpc) is 2.27. The van der Waals surface area contributed by atoms with Gasteiger partial charge in [-0.2, -0.15) is 11.8 Å². The quantitative estimate of drug-likeness (QED) is 0.680. The molecule has 1 aliphatic rings. The number of nitrogens with one attached hydrogen (secondary N) is 1. The Hall–Kier alpha value is 0.270. The molecule has 0 bridgehead atoms. The zero-order valence-electron chi connectivity index (χ0n) is 10.1. The Morgan fingerprint density at radius 1 is 1.40 bits per heavy atom. The highest BCUT2D eigenvalue weighted by Gasteiger charge is 2.24. The first-order valence-corrected chi connectivity index (χ1v) is 7.42. The number of hydrogen-bond acceptors (Lipinski definition) is 3. The van der Waals surface area contributed by atoms with Gasteiger partial charge < -0.3 is 10.1 Å². The highest BCUT2D eigenvalue weighted by Crippen LogP contribution is 2.20. The van der Waals surface area contributed by atoms with Crippen molar-refractivity contribution in [3.8, 4) is 0 Å². The van der Waals surface area contributed by atoms with E-state index in [0.29, 0.717) is 6.04 Å². The summed E-state index contributed by atoms with van der Waals surface area (Å²) in [5, 5.41) is 3.59. The van der Waals surface area contributed by atoms with Crippen LogP contribution in [0.1, 0.15) is 33.1 Å². The molecule has 1 fully saturated rings. The fourth-order valence-electron chi connectivity index (χ4n) is 2.20. The lowest BCUT2D eigenvalue weighted by molar-refractivity contribution is 0.0291. The molecule has 0 radical (unpaired) electrons. The fourth-order valence-corrected chi connectivity index (χ4v) is 2.86. The molecule has 3 heteroatoms. The van der Waals surface area contributed by atoms with E-state index in [0.717, 1.165) is 25.7 Å². The molecule has 1 heterocycles. The highest BCUT2D eigenvalue weighted by molar-refractivity contribution is 7.99. The van der Waals surface area contributed by atoms with E-state index in [1.807, 2.05) is 0 Å². The maximum absolute atomic E-state index is 5.57. The Morgan fingerprint density at radius 3 is 3.00 bits per heavy atom. The van der Waals surface area contributed by atoms with Gasteiger partial charge >= 0.3 is 0 Å². The van der Waals surface area contributed by atoms with Gasteiger partial charge in [-0.15, -0.1) is 0 Å². The van der Waals surface area contributed by atoms with Crippen LogP contribution in [0.25, 0.3) is 0 Å². The van der Waals surface area contributed by atoms with Gasteiger partial charge in [0.1, 0.15) is 0 Å². The molecular weight excluding hydrogens is 206 g/mol. The Bertz CT molecular complexity index is 153. The Morgan fingerprint density at radius 2 is 2.27 bits per heavy atom. The van der Waals surface area contributed by atoms with Crippen LogP contribution in [0.3, 0.4) is 0 Å². The summed E-state index contributed by atoms with van der Waals surface area (Å²) >= 11 is 2.05. The Kier molecular flexibility index (Phi) is 7.49. The van der Waals surface area contributed by atoms with E-state index in [1.54, 1.807) is 0 Å². The third kappa shape index (κ3) is 5.23. The van der Waals surface area contributed by atoms with Gasteiger partial charge in [0.2, 0.25) is 0 Å². The van der Waals surface area contributed by atoms with Crippen molar-refractivity contribution >= 4 is 11.8 Å². The van der Waals surface area contributed by atoms with Gasteiger partial charge in [0.05, 0.1) is 6.61 Å². The predicted octanol–water partition coefficient (Wildman–Crippen LogP) is 2.53. The average molecular weight is 231 g/mol. The van der Waals surface area contributed by atoms with Gasteiger partial charge in [-0.25, -0.2) is 0 Å². The molecule has 0 aromatic carbocycles. The fraction of sp³-hybridized carbons (Fsp3) is 1.00. The SMILES string of the molecule is CCNC1CCOCC1CCCSCC. The minimum Gasteiger partial charge on any atom is -0.381 e. The van der Waals surface area contributed by atoms with Crippen molar-refractivity contribution in [1.82, 2.24) is 5.32 Å². The van der Waals surface area contributed by atoms with Crippen LogP contribution in [0.5, 0.6) is 0 Å². The van der Waals surface area contributed by atoms with Crippen LogP contribution in [-0.4, -0.2) is 37.3 Å². The summed E-state index contributed by atoms with van der Waals surface area (Å²) in [4.78, 5) is 0. The molecule has 0 aromatic heterocycles. The van der Waals surface area contributed by atoms with Crippen LogP contribution in [0.15, 0.2) is 0 Å². The van der Waals surface area contributed by atoms with E-state index in [9.17, 15) is 0 Å². The van der Waals surface area contributed by atoms with Crippen molar-refractivity contribution in [2.24, 2.45) is 5.92 Å². The van der Waals surface area contributed by atoms with Crippen molar-refractivity contribution in [2.45, 2.75) is 39.2 Å².